The highest BCUT2D eigenvalue weighted by Gasteiger charge is 2.49. The summed E-state index contributed by atoms with van der Waals surface area (Å²) in [7, 11) is 1.62. The predicted molar refractivity (Wildman–Crippen MR) is 72.8 cm³/mol. The Labute approximate surface area is 120 Å². The first-order chi connectivity index (χ1) is 9.53. The second-order valence-electron chi connectivity index (χ2n) is 6.03. The lowest BCUT2D eigenvalue weighted by molar-refractivity contribution is -0.457. The zero-order valence-electron chi connectivity index (χ0n) is 12.8. The number of rotatable bonds is 4. The van der Waals surface area contributed by atoms with Gasteiger partial charge in [0.15, 0.2) is 5.79 Å². The molecule has 1 saturated heterocycles. The fraction of sp³-hybridized carbons (Fsp3) is 0.933. The van der Waals surface area contributed by atoms with E-state index < -0.39 is 11.4 Å². The number of hydrogen-bond donors (Lipinski definition) is 0. The van der Waals surface area contributed by atoms with Crippen molar-refractivity contribution in [2.75, 3.05) is 13.7 Å². The molecule has 20 heavy (non-hydrogen) atoms. The SMILES string of the molecule is CCOC(=O)C[C@@]12CCCC[C@@H]1CCC(C)(OC)OO2. The Balaban J connectivity index is 2.14. The van der Waals surface area contributed by atoms with E-state index in [9.17, 15) is 4.79 Å². The molecule has 0 N–H and O–H groups in total. The van der Waals surface area contributed by atoms with Gasteiger partial charge in [0.2, 0.25) is 0 Å². The van der Waals surface area contributed by atoms with Gasteiger partial charge in [0.05, 0.1) is 13.0 Å². The van der Waals surface area contributed by atoms with Gasteiger partial charge in [-0.3, -0.25) is 4.79 Å². The van der Waals surface area contributed by atoms with E-state index in [1.54, 1.807) is 7.11 Å². The molecule has 2 aliphatic rings. The molecule has 3 atom stereocenters. The summed E-state index contributed by atoms with van der Waals surface area (Å²) >= 11 is 0. The molecule has 0 aromatic heterocycles. The lowest BCUT2D eigenvalue weighted by Gasteiger charge is -2.40. The lowest BCUT2D eigenvalue weighted by Crippen LogP contribution is -2.45. The maximum Gasteiger partial charge on any atom is 0.308 e. The van der Waals surface area contributed by atoms with Crippen LogP contribution in [0.15, 0.2) is 0 Å². The van der Waals surface area contributed by atoms with E-state index in [1.807, 2.05) is 13.8 Å². The number of ether oxygens (including phenoxy) is 2. The monoisotopic (exact) mass is 286 g/mol. The van der Waals surface area contributed by atoms with Gasteiger partial charge in [0.1, 0.15) is 5.60 Å². The first-order valence-electron chi connectivity index (χ1n) is 7.61. The van der Waals surface area contributed by atoms with Crippen molar-refractivity contribution in [3.63, 3.8) is 0 Å². The van der Waals surface area contributed by atoms with Crippen molar-refractivity contribution >= 4 is 5.97 Å². The molecular weight excluding hydrogens is 260 g/mol. The summed E-state index contributed by atoms with van der Waals surface area (Å²) in [6.07, 6.45) is 6.15. The minimum atomic E-state index is -0.723. The summed E-state index contributed by atoms with van der Waals surface area (Å²) in [5, 5.41) is 0. The number of esters is 1. The Morgan fingerprint density at radius 3 is 2.75 bits per heavy atom. The van der Waals surface area contributed by atoms with Crippen LogP contribution in [0.5, 0.6) is 0 Å². The van der Waals surface area contributed by atoms with Gasteiger partial charge < -0.3 is 9.47 Å². The molecule has 1 unspecified atom stereocenters. The molecule has 1 aliphatic heterocycles. The zero-order chi connectivity index (χ0) is 14.6. The summed E-state index contributed by atoms with van der Waals surface area (Å²) in [5.41, 5.74) is -0.541. The van der Waals surface area contributed by atoms with Crippen LogP contribution < -0.4 is 0 Å². The summed E-state index contributed by atoms with van der Waals surface area (Å²) in [6.45, 7) is 4.10. The van der Waals surface area contributed by atoms with Crippen LogP contribution in [-0.2, 0) is 24.0 Å². The van der Waals surface area contributed by atoms with Gasteiger partial charge in [-0.25, -0.2) is 9.78 Å². The highest BCUT2D eigenvalue weighted by atomic mass is 17.2. The van der Waals surface area contributed by atoms with Gasteiger partial charge in [-0.05, 0) is 39.0 Å². The number of carbonyl (C=O) groups excluding carboxylic acids is 1. The number of carbonyl (C=O) groups is 1. The second kappa shape index (κ2) is 6.41. The average Bonchev–Trinajstić information content (AvgIpc) is 2.58. The molecule has 2 rings (SSSR count). The first kappa shape index (κ1) is 15.7. The summed E-state index contributed by atoms with van der Waals surface area (Å²) in [6, 6.07) is 0. The Kier molecular flexibility index (Phi) is 5.04. The van der Waals surface area contributed by atoms with Crippen LogP contribution >= 0.6 is 0 Å². The number of hydrogen-bond acceptors (Lipinski definition) is 5. The van der Waals surface area contributed by atoms with Gasteiger partial charge in [0, 0.05) is 13.5 Å². The topological polar surface area (TPSA) is 54.0 Å². The van der Waals surface area contributed by atoms with E-state index in [4.69, 9.17) is 19.2 Å². The standard InChI is InChI=1S/C15H26O5/c1-4-18-13(16)11-15-9-6-5-7-12(15)8-10-14(2,17-3)19-20-15/h12H,4-11H2,1-3H3/t12-,14?,15+/m1/s1. The molecule has 0 bridgehead atoms. The quantitative estimate of drug-likeness (QED) is 0.587. The minimum Gasteiger partial charge on any atom is -0.466 e. The molecule has 1 aliphatic carbocycles. The molecule has 0 radical (unpaired) electrons. The lowest BCUT2D eigenvalue weighted by atomic mass is 9.71. The highest BCUT2D eigenvalue weighted by Crippen LogP contribution is 2.46. The van der Waals surface area contributed by atoms with Crippen molar-refractivity contribution in [3.8, 4) is 0 Å². The second-order valence-corrected chi connectivity index (χ2v) is 6.03. The van der Waals surface area contributed by atoms with Gasteiger partial charge >= 0.3 is 5.97 Å². The van der Waals surface area contributed by atoms with E-state index in [2.05, 4.69) is 0 Å². The van der Waals surface area contributed by atoms with Crippen LogP contribution in [-0.4, -0.2) is 31.1 Å². The van der Waals surface area contributed by atoms with Crippen LogP contribution in [0.1, 0.15) is 58.8 Å². The molecule has 2 fully saturated rings. The van der Waals surface area contributed by atoms with Crippen molar-refractivity contribution < 1.29 is 24.0 Å². The first-order valence-corrected chi connectivity index (χ1v) is 7.61. The minimum absolute atomic E-state index is 0.205. The molecule has 0 amide bonds. The number of methoxy groups -OCH3 is 1. The highest BCUT2D eigenvalue weighted by molar-refractivity contribution is 5.70. The van der Waals surface area contributed by atoms with E-state index in [0.717, 1.165) is 32.1 Å². The Morgan fingerprint density at radius 2 is 2.05 bits per heavy atom. The molecule has 0 spiro atoms. The van der Waals surface area contributed by atoms with Crippen molar-refractivity contribution in [1.29, 1.82) is 0 Å². The Bertz CT molecular complexity index is 345. The largest absolute Gasteiger partial charge is 0.466 e. The normalized spacial score (nSPS) is 37.9. The van der Waals surface area contributed by atoms with Gasteiger partial charge in [-0.2, -0.15) is 0 Å². The molecule has 1 saturated carbocycles. The summed E-state index contributed by atoms with van der Waals surface area (Å²) in [5.74, 6) is -0.597. The van der Waals surface area contributed by atoms with Crippen LogP contribution in [0, 0.1) is 5.92 Å². The molecule has 1 heterocycles. The fourth-order valence-electron chi connectivity index (χ4n) is 3.30. The third kappa shape index (κ3) is 3.32. The third-order valence-corrected chi connectivity index (χ3v) is 4.66. The van der Waals surface area contributed by atoms with Crippen molar-refractivity contribution in [3.05, 3.63) is 0 Å². The maximum absolute atomic E-state index is 11.9. The predicted octanol–water partition coefficient (Wildman–Crippen LogP) is 2.97. The van der Waals surface area contributed by atoms with E-state index in [1.165, 1.54) is 6.42 Å². The molecular formula is C15H26O5. The van der Waals surface area contributed by atoms with Crippen molar-refractivity contribution in [2.45, 2.75) is 70.2 Å². The fourth-order valence-corrected chi connectivity index (χ4v) is 3.30. The average molecular weight is 286 g/mol. The van der Waals surface area contributed by atoms with Crippen LogP contribution in [0.25, 0.3) is 0 Å². The summed E-state index contributed by atoms with van der Waals surface area (Å²) in [4.78, 5) is 23.3. The molecule has 0 aromatic carbocycles. The van der Waals surface area contributed by atoms with E-state index in [0.29, 0.717) is 12.5 Å². The maximum atomic E-state index is 11.9. The van der Waals surface area contributed by atoms with Crippen molar-refractivity contribution in [2.24, 2.45) is 5.92 Å². The molecule has 116 valence electrons. The zero-order valence-corrected chi connectivity index (χ0v) is 12.8. The van der Waals surface area contributed by atoms with Crippen LogP contribution in [0.4, 0.5) is 0 Å². The third-order valence-electron chi connectivity index (χ3n) is 4.66. The summed E-state index contributed by atoms with van der Waals surface area (Å²) < 4.78 is 10.5. The van der Waals surface area contributed by atoms with Gasteiger partial charge in [-0.15, -0.1) is 0 Å². The van der Waals surface area contributed by atoms with Crippen LogP contribution in [0.3, 0.4) is 0 Å². The van der Waals surface area contributed by atoms with Crippen molar-refractivity contribution in [1.82, 2.24) is 0 Å². The Hall–Kier alpha value is -0.650. The van der Waals surface area contributed by atoms with Gasteiger partial charge in [0.25, 0.3) is 0 Å². The number of fused-ring (bicyclic) bond motifs is 1. The smallest absolute Gasteiger partial charge is 0.308 e. The Morgan fingerprint density at radius 1 is 1.25 bits per heavy atom. The van der Waals surface area contributed by atoms with Crippen LogP contribution in [0.2, 0.25) is 0 Å². The van der Waals surface area contributed by atoms with E-state index in [-0.39, 0.29) is 12.4 Å². The van der Waals surface area contributed by atoms with E-state index >= 15 is 0 Å². The molecule has 5 heteroatoms. The molecule has 0 aromatic rings. The van der Waals surface area contributed by atoms with Gasteiger partial charge in [-0.1, -0.05) is 12.8 Å². The molecule has 5 nitrogen and oxygen atoms in total.